The van der Waals surface area contributed by atoms with Crippen LogP contribution >= 0.6 is 0 Å². The minimum absolute atomic E-state index is 0.0131. The lowest BCUT2D eigenvalue weighted by atomic mass is 9.95. The molecule has 0 fully saturated rings. The monoisotopic (exact) mass is 240 g/mol. The number of rotatable bonds is 3. The van der Waals surface area contributed by atoms with Gasteiger partial charge >= 0.3 is 0 Å². The van der Waals surface area contributed by atoms with Crippen molar-refractivity contribution in [2.75, 3.05) is 0 Å². The van der Waals surface area contributed by atoms with Gasteiger partial charge in [-0.05, 0) is 49.9 Å². The number of hydrogen-bond donors (Lipinski definition) is 1. The highest BCUT2D eigenvalue weighted by molar-refractivity contribution is 5.33. The van der Waals surface area contributed by atoms with Crippen LogP contribution in [0.15, 0.2) is 36.5 Å². The van der Waals surface area contributed by atoms with Crippen LogP contribution in [-0.2, 0) is 6.42 Å². The molecular weight excluding hydrogens is 220 g/mol. The largest absolute Gasteiger partial charge is 0.324 e. The van der Waals surface area contributed by atoms with Gasteiger partial charge in [0.15, 0.2) is 0 Å². The third kappa shape index (κ3) is 2.77. The summed E-state index contributed by atoms with van der Waals surface area (Å²) in [6.07, 6.45) is 2.67. The first-order valence-electron chi connectivity index (χ1n) is 6.31. The summed E-state index contributed by atoms with van der Waals surface area (Å²) in [6.45, 7) is 6.26. The lowest BCUT2D eigenvalue weighted by Gasteiger charge is -2.16. The Bertz CT molecular complexity index is 547. The second-order valence-corrected chi connectivity index (χ2v) is 4.92. The molecule has 1 unspecified atom stereocenters. The Balaban J connectivity index is 2.24. The average molecular weight is 240 g/mol. The van der Waals surface area contributed by atoms with E-state index in [1.54, 1.807) is 0 Å². The Kier molecular flexibility index (Phi) is 3.78. The number of aromatic nitrogens is 1. The molecule has 2 N–H and O–H groups in total. The van der Waals surface area contributed by atoms with Crippen LogP contribution < -0.4 is 5.73 Å². The zero-order valence-electron chi connectivity index (χ0n) is 11.3. The van der Waals surface area contributed by atoms with Crippen molar-refractivity contribution in [2.24, 2.45) is 5.73 Å². The predicted molar refractivity (Wildman–Crippen MR) is 75.5 cm³/mol. The maximum atomic E-state index is 6.31. The van der Waals surface area contributed by atoms with E-state index in [9.17, 15) is 0 Å². The van der Waals surface area contributed by atoms with Crippen molar-refractivity contribution in [1.82, 2.24) is 4.98 Å². The van der Waals surface area contributed by atoms with Crippen molar-refractivity contribution < 1.29 is 0 Å². The molecule has 2 nitrogen and oxygen atoms in total. The van der Waals surface area contributed by atoms with Crippen molar-refractivity contribution >= 4 is 0 Å². The standard InChI is InChI=1S/C16H20N2/c1-11-6-7-12(2)14(9-11)10-16(17)15-5-4-8-18-13(15)3/h4-9,16H,10,17H2,1-3H3. The Hall–Kier alpha value is -1.67. The summed E-state index contributed by atoms with van der Waals surface area (Å²) in [7, 11) is 0. The Morgan fingerprint density at radius 2 is 1.94 bits per heavy atom. The van der Waals surface area contributed by atoms with E-state index in [0.29, 0.717) is 0 Å². The molecule has 0 aliphatic heterocycles. The van der Waals surface area contributed by atoms with Gasteiger partial charge in [-0.1, -0.05) is 29.8 Å². The lowest BCUT2D eigenvalue weighted by Crippen LogP contribution is -2.15. The molecule has 0 aliphatic carbocycles. The van der Waals surface area contributed by atoms with Crippen LogP contribution in [0, 0.1) is 20.8 Å². The summed E-state index contributed by atoms with van der Waals surface area (Å²) in [4.78, 5) is 4.30. The summed E-state index contributed by atoms with van der Waals surface area (Å²) in [5.74, 6) is 0. The molecule has 2 heteroatoms. The van der Waals surface area contributed by atoms with E-state index in [2.05, 4.69) is 43.1 Å². The van der Waals surface area contributed by atoms with Crippen molar-refractivity contribution in [3.63, 3.8) is 0 Å². The molecule has 1 atom stereocenters. The van der Waals surface area contributed by atoms with Crippen LogP contribution in [0.4, 0.5) is 0 Å². The van der Waals surface area contributed by atoms with E-state index in [0.717, 1.165) is 17.7 Å². The van der Waals surface area contributed by atoms with Gasteiger partial charge in [-0.15, -0.1) is 0 Å². The number of benzene rings is 1. The van der Waals surface area contributed by atoms with Crippen LogP contribution in [0.2, 0.25) is 0 Å². The molecule has 1 aromatic heterocycles. The number of pyridine rings is 1. The average Bonchev–Trinajstić information content (AvgIpc) is 2.34. The highest BCUT2D eigenvalue weighted by atomic mass is 14.7. The van der Waals surface area contributed by atoms with E-state index in [1.165, 1.54) is 16.7 Å². The van der Waals surface area contributed by atoms with Crippen LogP contribution in [0.25, 0.3) is 0 Å². The molecule has 0 bridgehead atoms. The maximum absolute atomic E-state index is 6.31. The summed E-state index contributed by atoms with van der Waals surface area (Å²) < 4.78 is 0. The van der Waals surface area contributed by atoms with E-state index in [4.69, 9.17) is 5.73 Å². The van der Waals surface area contributed by atoms with Gasteiger partial charge in [0.25, 0.3) is 0 Å². The fourth-order valence-electron chi connectivity index (χ4n) is 2.26. The van der Waals surface area contributed by atoms with Gasteiger partial charge < -0.3 is 5.73 Å². The van der Waals surface area contributed by atoms with E-state index >= 15 is 0 Å². The minimum Gasteiger partial charge on any atom is -0.324 e. The van der Waals surface area contributed by atoms with Gasteiger partial charge in [0.05, 0.1) is 0 Å². The second-order valence-electron chi connectivity index (χ2n) is 4.92. The molecule has 0 aliphatic rings. The molecule has 0 saturated heterocycles. The minimum atomic E-state index is 0.0131. The van der Waals surface area contributed by atoms with Gasteiger partial charge in [-0.2, -0.15) is 0 Å². The van der Waals surface area contributed by atoms with Gasteiger partial charge in [0, 0.05) is 17.9 Å². The normalized spacial score (nSPS) is 12.4. The predicted octanol–water partition coefficient (Wildman–Crippen LogP) is 3.25. The van der Waals surface area contributed by atoms with Crippen LogP contribution in [0.3, 0.4) is 0 Å². The zero-order valence-corrected chi connectivity index (χ0v) is 11.3. The van der Waals surface area contributed by atoms with Crippen molar-refractivity contribution in [1.29, 1.82) is 0 Å². The van der Waals surface area contributed by atoms with Crippen molar-refractivity contribution in [2.45, 2.75) is 33.2 Å². The molecule has 2 rings (SSSR count). The molecule has 0 spiro atoms. The van der Waals surface area contributed by atoms with Crippen molar-refractivity contribution in [3.05, 3.63) is 64.5 Å². The summed E-state index contributed by atoms with van der Waals surface area (Å²) in [6, 6.07) is 10.6. The Labute approximate surface area is 109 Å². The highest BCUT2D eigenvalue weighted by Crippen LogP contribution is 2.20. The molecule has 0 saturated carbocycles. The van der Waals surface area contributed by atoms with Crippen molar-refractivity contribution in [3.8, 4) is 0 Å². The SMILES string of the molecule is Cc1ccc(C)c(CC(N)c2cccnc2C)c1. The van der Waals surface area contributed by atoms with Gasteiger partial charge in [0.1, 0.15) is 0 Å². The topological polar surface area (TPSA) is 38.9 Å². The summed E-state index contributed by atoms with van der Waals surface area (Å²) in [5, 5.41) is 0. The molecule has 0 radical (unpaired) electrons. The van der Waals surface area contributed by atoms with Gasteiger partial charge in [-0.3, -0.25) is 4.98 Å². The van der Waals surface area contributed by atoms with E-state index in [-0.39, 0.29) is 6.04 Å². The zero-order chi connectivity index (χ0) is 13.1. The first kappa shape index (κ1) is 12.8. The fourth-order valence-corrected chi connectivity index (χ4v) is 2.26. The number of aryl methyl sites for hydroxylation is 3. The molecule has 1 aromatic carbocycles. The first-order chi connectivity index (χ1) is 8.58. The van der Waals surface area contributed by atoms with Crippen LogP contribution in [-0.4, -0.2) is 4.98 Å². The Morgan fingerprint density at radius 1 is 1.17 bits per heavy atom. The van der Waals surface area contributed by atoms with Gasteiger partial charge in [0.2, 0.25) is 0 Å². The quantitative estimate of drug-likeness (QED) is 0.894. The third-order valence-electron chi connectivity index (χ3n) is 3.39. The van der Waals surface area contributed by atoms with E-state index < -0.39 is 0 Å². The molecule has 1 heterocycles. The lowest BCUT2D eigenvalue weighted by molar-refractivity contribution is 0.707. The highest BCUT2D eigenvalue weighted by Gasteiger charge is 2.11. The summed E-state index contributed by atoms with van der Waals surface area (Å²) >= 11 is 0. The van der Waals surface area contributed by atoms with E-state index in [1.807, 2.05) is 19.2 Å². The van der Waals surface area contributed by atoms with Gasteiger partial charge in [-0.25, -0.2) is 0 Å². The van der Waals surface area contributed by atoms with Crippen LogP contribution in [0.5, 0.6) is 0 Å². The van der Waals surface area contributed by atoms with Crippen LogP contribution in [0.1, 0.15) is 34.0 Å². The molecule has 0 amide bonds. The molecule has 94 valence electrons. The second kappa shape index (κ2) is 5.32. The summed E-state index contributed by atoms with van der Waals surface area (Å²) in [5.41, 5.74) is 12.4. The number of nitrogens with zero attached hydrogens (tertiary/aromatic N) is 1. The maximum Gasteiger partial charge on any atom is 0.0420 e. The molecular formula is C16H20N2. The first-order valence-corrected chi connectivity index (χ1v) is 6.31. The smallest absolute Gasteiger partial charge is 0.0420 e. The molecule has 18 heavy (non-hydrogen) atoms. The number of nitrogens with two attached hydrogens (primary N) is 1. The Morgan fingerprint density at radius 3 is 2.67 bits per heavy atom. The number of hydrogen-bond acceptors (Lipinski definition) is 2. The molecule has 2 aromatic rings. The third-order valence-corrected chi connectivity index (χ3v) is 3.39. The fraction of sp³-hybridized carbons (Fsp3) is 0.312.